The fourth-order valence-corrected chi connectivity index (χ4v) is 11.3. The Balaban J connectivity index is 0.952. The molecule has 0 spiro atoms. The minimum atomic E-state index is -0.259. The van der Waals surface area contributed by atoms with E-state index in [1.807, 2.05) is 0 Å². The molecular weight excluding hydrogens is 857 g/mol. The van der Waals surface area contributed by atoms with Crippen molar-refractivity contribution in [2.45, 2.75) is 19.3 Å². The normalized spacial score (nSPS) is 12.5. The summed E-state index contributed by atoms with van der Waals surface area (Å²) in [6.07, 6.45) is 0. The Morgan fingerprint density at radius 2 is 0.775 bits per heavy atom. The Kier molecular flexibility index (Phi) is 10.2. The van der Waals surface area contributed by atoms with Crippen LogP contribution in [-0.2, 0) is 5.41 Å². The van der Waals surface area contributed by atoms with Crippen LogP contribution in [0.25, 0.3) is 94.3 Å². The van der Waals surface area contributed by atoms with Crippen molar-refractivity contribution in [3.05, 3.63) is 278 Å². The predicted octanol–water partition coefficient (Wildman–Crippen LogP) is 18.9. The van der Waals surface area contributed by atoms with Crippen LogP contribution in [0.2, 0.25) is 0 Å². The molecule has 0 unspecified atom stereocenters. The minimum absolute atomic E-state index is 0.259. The smallest absolute Gasteiger partial charge is 0.0619 e. The van der Waals surface area contributed by atoms with Gasteiger partial charge in [-0.3, -0.25) is 0 Å². The first kappa shape index (κ1) is 42.1. The lowest BCUT2D eigenvalue weighted by molar-refractivity contribution is 0.661. The van der Waals surface area contributed by atoms with E-state index in [9.17, 15) is 0 Å². The highest BCUT2D eigenvalue weighted by Crippen LogP contribution is 2.54. The van der Waals surface area contributed by atoms with Crippen molar-refractivity contribution in [2.75, 3.05) is 4.90 Å². The standard InChI is InChI=1S/C69H50N2/c1-69(2)63-44-53(36-41-59(63)61-45-62-66(46-64(61)69)71(54-28-16-7-17-29-54)68(52-26-14-6-15-27-52)67(62)51-24-12-5-13-25-51)57-42-43-65(60-31-19-18-30-58(57)60)70(55-37-32-49(33-38-55)47-20-8-3-9-21-47)56-39-34-50(35-40-56)48-22-10-4-11-23-48/h3-46H,1-2H3. The van der Waals surface area contributed by atoms with Gasteiger partial charge in [0.25, 0.3) is 0 Å². The summed E-state index contributed by atoms with van der Waals surface area (Å²) in [5.41, 5.74) is 22.8. The van der Waals surface area contributed by atoms with E-state index >= 15 is 0 Å². The SMILES string of the molecule is CC1(C)c2cc(-c3ccc(N(c4ccc(-c5ccccc5)cc4)c4ccc(-c5ccccc5)cc4)c4ccccc34)ccc2-c2cc3c(-c4ccccc4)c(-c4ccccc4)n(-c4ccccc4)c3cc21. The van der Waals surface area contributed by atoms with Crippen molar-refractivity contribution < 1.29 is 0 Å². The summed E-state index contributed by atoms with van der Waals surface area (Å²) >= 11 is 0. The highest BCUT2D eigenvalue weighted by Gasteiger charge is 2.37. The molecule has 0 bridgehead atoms. The van der Waals surface area contributed by atoms with Crippen LogP contribution in [-0.4, -0.2) is 4.57 Å². The van der Waals surface area contributed by atoms with Crippen LogP contribution in [0.4, 0.5) is 17.1 Å². The van der Waals surface area contributed by atoms with Gasteiger partial charge in [-0.05, 0) is 133 Å². The van der Waals surface area contributed by atoms with Crippen LogP contribution < -0.4 is 4.90 Å². The van der Waals surface area contributed by atoms with Crippen LogP contribution in [0.3, 0.4) is 0 Å². The summed E-state index contributed by atoms with van der Waals surface area (Å²) in [5, 5.41) is 3.66. The lowest BCUT2D eigenvalue weighted by Crippen LogP contribution is -2.15. The average molecular weight is 907 g/mol. The molecule has 0 saturated heterocycles. The topological polar surface area (TPSA) is 8.17 Å². The molecule has 1 aromatic heterocycles. The van der Waals surface area contributed by atoms with Crippen LogP contribution in [0.1, 0.15) is 25.0 Å². The molecule has 1 aliphatic carbocycles. The van der Waals surface area contributed by atoms with E-state index in [1.165, 1.54) is 99.7 Å². The second kappa shape index (κ2) is 17.2. The van der Waals surface area contributed by atoms with Gasteiger partial charge in [-0.15, -0.1) is 0 Å². The first-order valence-electron chi connectivity index (χ1n) is 24.7. The van der Waals surface area contributed by atoms with Gasteiger partial charge in [-0.25, -0.2) is 0 Å². The quantitative estimate of drug-likeness (QED) is 0.140. The summed E-state index contributed by atoms with van der Waals surface area (Å²) in [5.74, 6) is 0. The molecule has 12 aromatic rings. The summed E-state index contributed by atoms with van der Waals surface area (Å²) in [6, 6.07) is 97.7. The molecule has 0 radical (unpaired) electrons. The van der Waals surface area contributed by atoms with Gasteiger partial charge >= 0.3 is 0 Å². The third-order valence-electron chi connectivity index (χ3n) is 14.8. The van der Waals surface area contributed by atoms with Crippen molar-refractivity contribution in [2.24, 2.45) is 0 Å². The molecule has 0 fully saturated rings. The molecule has 0 saturated carbocycles. The van der Waals surface area contributed by atoms with E-state index in [1.54, 1.807) is 0 Å². The number of benzene rings is 11. The zero-order valence-corrected chi connectivity index (χ0v) is 39.8. The van der Waals surface area contributed by atoms with Gasteiger partial charge in [0.1, 0.15) is 0 Å². The monoisotopic (exact) mass is 906 g/mol. The molecule has 336 valence electrons. The van der Waals surface area contributed by atoms with Gasteiger partial charge in [-0.1, -0.05) is 220 Å². The van der Waals surface area contributed by atoms with E-state index in [-0.39, 0.29) is 5.41 Å². The third kappa shape index (κ3) is 7.18. The van der Waals surface area contributed by atoms with E-state index in [0.717, 1.165) is 22.7 Å². The maximum absolute atomic E-state index is 2.49. The van der Waals surface area contributed by atoms with Gasteiger partial charge in [0.2, 0.25) is 0 Å². The second-order valence-electron chi connectivity index (χ2n) is 19.3. The molecule has 13 rings (SSSR count). The first-order valence-corrected chi connectivity index (χ1v) is 24.7. The Morgan fingerprint density at radius 1 is 0.324 bits per heavy atom. The summed E-state index contributed by atoms with van der Waals surface area (Å²) in [4.78, 5) is 2.41. The molecule has 11 aromatic carbocycles. The highest BCUT2D eigenvalue weighted by molar-refractivity contribution is 6.10. The molecule has 0 N–H and O–H groups in total. The first-order chi connectivity index (χ1) is 35.0. The van der Waals surface area contributed by atoms with Crippen molar-refractivity contribution in [1.29, 1.82) is 0 Å². The number of aromatic nitrogens is 1. The minimum Gasteiger partial charge on any atom is -0.310 e. The van der Waals surface area contributed by atoms with Gasteiger partial charge < -0.3 is 9.47 Å². The lowest BCUT2D eigenvalue weighted by Gasteiger charge is -2.28. The molecule has 0 amide bonds. The Labute approximate surface area is 416 Å². The Morgan fingerprint density at radius 3 is 1.35 bits per heavy atom. The largest absolute Gasteiger partial charge is 0.310 e. The number of fused-ring (bicyclic) bond motifs is 5. The summed E-state index contributed by atoms with van der Waals surface area (Å²) in [6.45, 7) is 4.81. The zero-order chi connectivity index (χ0) is 47.5. The fourth-order valence-electron chi connectivity index (χ4n) is 11.3. The summed E-state index contributed by atoms with van der Waals surface area (Å²) in [7, 11) is 0. The van der Waals surface area contributed by atoms with E-state index in [0.29, 0.717) is 0 Å². The predicted molar refractivity (Wildman–Crippen MR) is 300 cm³/mol. The average Bonchev–Trinajstić information content (AvgIpc) is 3.89. The van der Waals surface area contributed by atoms with Crippen molar-refractivity contribution in [3.63, 3.8) is 0 Å². The van der Waals surface area contributed by atoms with Gasteiger partial charge in [0.15, 0.2) is 0 Å². The van der Waals surface area contributed by atoms with Crippen molar-refractivity contribution in [3.8, 4) is 72.6 Å². The van der Waals surface area contributed by atoms with Crippen LogP contribution >= 0.6 is 0 Å². The summed E-state index contributed by atoms with van der Waals surface area (Å²) < 4.78 is 2.49. The van der Waals surface area contributed by atoms with E-state index in [2.05, 4.69) is 290 Å². The van der Waals surface area contributed by atoms with Crippen LogP contribution in [0.15, 0.2) is 267 Å². The maximum atomic E-state index is 2.49. The van der Waals surface area contributed by atoms with E-state index < -0.39 is 0 Å². The number of rotatable bonds is 9. The van der Waals surface area contributed by atoms with Crippen molar-refractivity contribution >= 4 is 38.7 Å². The lowest BCUT2D eigenvalue weighted by atomic mass is 9.81. The fraction of sp³-hybridized carbons (Fsp3) is 0.0435. The molecular formula is C69H50N2. The van der Waals surface area contributed by atoms with Gasteiger partial charge in [-0.2, -0.15) is 0 Å². The Bertz CT molecular complexity index is 3810. The van der Waals surface area contributed by atoms with Crippen LogP contribution in [0.5, 0.6) is 0 Å². The number of hydrogen-bond donors (Lipinski definition) is 0. The number of nitrogens with zero attached hydrogens (tertiary/aromatic N) is 2. The molecule has 2 nitrogen and oxygen atoms in total. The number of hydrogen-bond acceptors (Lipinski definition) is 1. The third-order valence-corrected chi connectivity index (χ3v) is 14.8. The van der Waals surface area contributed by atoms with Crippen molar-refractivity contribution in [1.82, 2.24) is 4.57 Å². The highest BCUT2D eigenvalue weighted by atomic mass is 15.1. The molecule has 1 aliphatic rings. The number of para-hydroxylation sites is 1. The molecule has 2 heteroatoms. The van der Waals surface area contributed by atoms with Gasteiger partial charge in [0, 0.05) is 38.8 Å². The maximum Gasteiger partial charge on any atom is 0.0619 e. The molecule has 71 heavy (non-hydrogen) atoms. The molecule has 1 heterocycles. The van der Waals surface area contributed by atoms with Crippen LogP contribution in [0, 0.1) is 0 Å². The molecule has 0 aliphatic heterocycles. The molecule has 0 atom stereocenters. The zero-order valence-electron chi connectivity index (χ0n) is 39.8. The second-order valence-corrected chi connectivity index (χ2v) is 19.3. The van der Waals surface area contributed by atoms with E-state index in [4.69, 9.17) is 0 Å². The van der Waals surface area contributed by atoms with Gasteiger partial charge in [0.05, 0.1) is 16.9 Å². The Hall–Kier alpha value is -8.98. The number of anilines is 3.